The molecule has 0 aromatic carbocycles. The fourth-order valence-electron chi connectivity index (χ4n) is 2.72. The number of aliphatic hydroxyl groups excluding tert-OH is 1. The topological polar surface area (TPSA) is 44.7 Å². The van der Waals surface area contributed by atoms with Crippen LogP contribution in [0.5, 0.6) is 0 Å². The van der Waals surface area contributed by atoms with Gasteiger partial charge in [-0.3, -0.25) is 4.90 Å². The van der Waals surface area contributed by atoms with Crippen LogP contribution in [-0.2, 0) is 4.74 Å². The van der Waals surface area contributed by atoms with Crippen LogP contribution in [-0.4, -0.2) is 61.0 Å². The maximum Gasteiger partial charge on any atom is 0.0831 e. The third-order valence-electron chi connectivity index (χ3n) is 3.80. The number of methoxy groups -OCH3 is 1. The molecule has 2 N–H and O–H groups in total. The summed E-state index contributed by atoms with van der Waals surface area (Å²) in [6.45, 7) is 5.81. The third kappa shape index (κ3) is 2.33. The Morgan fingerprint density at radius 3 is 2.87 bits per heavy atom. The molecule has 0 saturated carbocycles. The van der Waals surface area contributed by atoms with E-state index in [4.69, 9.17) is 4.74 Å². The number of piperidine rings is 1. The Morgan fingerprint density at radius 1 is 1.47 bits per heavy atom. The number of nitrogens with one attached hydrogen (secondary N) is 1. The zero-order valence-electron chi connectivity index (χ0n) is 9.70. The van der Waals surface area contributed by atoms with Gasteiger partial charge in [-0.25, -0.2) is 0 Å². The molecule has 15 heavy (non-hydrogen) atoms. The molecule has 4 nitrogen and oxygen atoms in total. The van der Waals surface area contributed by atoms with Gasteiger partial charge in [-0.15, -0.1) is 0 Å². The standard InChI is InChI=1S/C11H22N2O2/c1-11(15-2)4-3-5-13(8-11)9-6-12-7-10(9)14/h9-10,12,14H,3-8H2,1-2H3. The highest BCUT2D eigenvalue weighted by Crippen LogP contribution is 2.26. The number of rotatable bonds is 2. The second-order valence-corrected chi connectivity index (χ2v) is 5.02. The van der Waals surface area contributed by atoms with Crippen molar-refractivity contribution in [2.24, 2.45) is 0 Å². The Kier molecular flexibility index (Phi) is 3.30. The molecule has 0 aliphatic carbocycles. The number of aliphatic hydroxyl groups is 1. The van der Waals surface area contributed by atoms with E-state index in [9.17, 15) is 5.11 Å². The predicted octanol–water partition coefficient (Wildman–Crippen LogP) is -0.180. The summed E-state index contributed by atoms with van der Waals surface area (Å²) in [6.07, 6.45) is 2.06. The summed E-state index contributed by atoms with van der Waals surface area (Å²) in [4.78, 5) is 2.37. The molecular formula is C11H22N2O2. The highest BCUT2D eigenvalue weighted by molar-refractivity contribution is 4.94. The maximum absolute atomic E-state index is 9.84. The molecule has 0 bridgehead atoms. The first kappa shape index (κ1) is 11.3. The number of hydrogen-bond donors (Lipinski definition) is 2. The summed E-state index contributed by atoms with van der Waals surface area (Å²) >= 11 is 0. The van der Waals surface area contributed by atoms with Gasteiger partial charge < -0.3 is 15.2 Å². The van der Waals surface area contributed by atoms with Gasteiger partial charge in [-0.05, 0) is 26.3 Å². The van der Waals surface area contributed by atoms with Gasteiger partial charge in [-0.1, -0.05) is 0 Å². The van der Waals surface area contributed by atoms with Crippen molar-refractivity contribution < 1.29 is 9.84 Å². The van der Waals surface area contributed by atoms with E-state index in [2.05, 4.69) is 17.1 Å². The first-order chi connectivity index (χ1) is 7.14. The molecular weight excluding hydrogens is 192 g/mol. The Bertz CT molecular complexity index is 225. The van der Waals surface area contributed by atoms with Crippen LogP contribution in [0.1, 0.15) is 19.8 Å². The Morgan fingerprint density at radius 2 is 2.27 bits per heavy atom. The van der Waals surface area contributed by atoms with E-state index in [1.807, 2.05) is 0 Å². The fourth-order valence-corrected chi connectivity index (χ4v) is 2.72. The summed E-state index contributed by atoms with van der Waals surface area (Å²) in [7, 11) is 1.78. The SMILES string of the molecule is COC1(C)CCCN(C2CNCC2O)C1. The minimum Gasteiger partial charge on any atom is -0.390 e. The van der Waals surface area contributed by atoms with Gasteiger partial charge in [0, 0.05) is 32.8 Å². The average molecular weight is 214 g/mol. The van der Waals surface area contributed by atoms with Gasteiger partial charge in [0.25, 0.3) is 0 Å². The Balaban J connectivity index is 1.97. The lowest BCUT2D eigenvalue weighted by molar-refractivity contribution is -0.0694. The zero-order valence-corrected chi connectivity index (χ0v) is 9.70. The molecule has 2 heterocycles. The molecule has 3 atom stereocenters. The molecule has 0 aromatic rings. The fraction of sp³-hybridized carbons (Fsp3) is 1.00. The van der Waals surface area contributed by atoms with Crippen LogP contribution in [0.15, 0.2) is 0 Å². The highest BCUT2D eigenvalue weighted by Gasteiger charge is 2.37. The van der Waals surface area contributed by atoms with E-state index >= 15 is 0 Å². The molecule has 2 aliphatic heterocycles. The molecule has 2 fully saturated rings. The van der Waals surface area contributed by atoms with Crippen molar-refractivity contribution in [3.05, 3.63) is 0 Å². The van der Waals surface area contributed by atoms with E-state index in [1.165, 1.54) is 0 Å². The van der Waals surface area contributed by atoms with Crippen LogP contribution in [0.4, 0.5) is 0 Å². The van der Waals surface area contributed by atoms with Crippen molar-refractivity contribution in [3.8, 4) is 0 Å². The third-order valence-corrected chi connectivity index (χ3v) is 3.80. The number of nitrogens with zero attached hydrogens (tertiary/aromatic N) is 1. The van der Waals surface area contributed by atoms with Crippen molar-refractivity contribution in [1.29, 1.82) is 0 Å². The van der Waals surface area contributed by atoms with Crippen LogP contribution >= 0.6 is 0 Å². The van der Waals surface area contributed by atoms with E-state index in [0.717, 1.165) is 39.0 Å². The monoisotopic (exact) mass is 214 g/mol. The molecule has 0 amide bonds. The molecule has 2 saturated heterocycles. The van der Waals surface area contributed by atoms with E-state index in [1.54, 1.807) is 7.11 Å². The quantitative estimate of drug-likeness (QED) is 0.669. The molecule has 88 valence electrons. The number of hydrogen-bond acceptors (Lipinski definition) is 4. The summed E-state index contributed by atoms with van der Waals surface area (Å²) in [5.41, 5.74) is -0.0272. The first-order valence-corrected chi connectivity index (χ1v) is 5.83. The molecule has 2 rings (SSSR count). The van der Waals surface area contributed by atoms with Gasteiger partial charge in [-0.2, -0.15) is 0 Å². The molecule has 0 spiro atoms. The number of likely N-dealkylation sites (tertiary alicyclic amines) is 1. The smallest absolute Gasteiger partial charge is 0.0831 e. The Labute approximate surface area is 91.6 Å². The van der Waals surface area contributed by atoms with E-state index in [0.29, 0.717) is 0 Å². The number of β-amino-alcohol motifs (C(OH)–C–C–N with tert-alkyl or cyclic N) is 1. The van der Waals surface area contributed by atoms with Crippen molar-refractivity contribution in [1.82, 2.24) is 10.2 Å². The maximum atomic E-state index is 9.84. The normalized spacial score (nSPS) is 43.4. The second kappa shape index (κ2) is 4.37. The van der Waals surface area contributed by atoms with Gasteiger partial charge in [0.05, 0.1) is 11.7 Å². The molecule has 0 aromatic heterocycles. The van der Waals surface area contributed by atoms with E-state index < -0.39 is 0 Å². The van der Waals surface area contributed by atoms with E-state index in [-0.39, 0.29) is 17.7 Å². The van der Waals surface area contributed by atoms with Crippen molar-refractivity contribution in [2.75, 3.05) is 33.3 Å². The molecule has 3 unspecified atom stereocenters. The first-order valence-electron chi connectivity index (χ1n) is 5.83. The highest BCUT2D eigenvalue weighted by atomic mass is 16.5. The summed E-state index contributed by atoms with van der Waals surface area (Å²) in [6, 6.07) is 0.278. The summed E-state index contributed by atoms with van der Waals surface area (Å²) < 4.78 is 5.56. The van der Waals surface area contributed by atoms with Gasteiger partial charge >= 0.3 is 0 Å². The van der Waals surface area contributed by atoms with Gasteiger partial charge in [0.2, 0.25) is 0 Å². The molecule has 2 aliphatic rings. The Hall–Kier alpha value is -0.160. The molecule has 0 radical (unpaired) electrons. The van der Waals surface area contributed by atoms with Crippen LogP contribution in [0, 0.1) is 0 Å². The van der Waals surface area contributed by atoms with Gasteiger partial charge in [0.15, 0.2) is 0 Å². The summed E-state index contributed by atoms with van der Waals surface area (Å²) in [5.74, 6) is 0. The van der Waals surface area contributed by atoms with Gasteiger partial charge in [0.1, 0.15) is 0 Å². The molecule has 4 heteroatoms. The van der Waals surface area contributed by atoms with Crippen molar-refractivity contribution in [2.45, 2.75) is 37.5 Å². The minimum absolute atomic E-state index is 0.0272. The van der Waals surface area contributed by atoms with Crippen molar-refractivity contribution >= 4 is 0 Å². The van der Waals surface area contributed by atoms with Crippen LogP contribution < -0.4 is 5.32 Å². The van der Waals surface area contributed by atoms with Crippen LogP contribution in [0.3, 0.4) is 0 Å². The predicted molar refractivity (Wildman–Crippen MR) is 58.9 cm³/mol. The minimum atomic E-state index is -0.218. The lowest BCUT2D eigenvalue weighted by atomic mass is 9.93. The zero-order chi connectivity index (χ0) is 10.9. The second-order valence-electron chi connectivity index (χ2n) is 5.02. The van der Waals surface area contributed by atoms with Crippen LogP contribution in [0.2, 0.25) is 0 Å². The lowest BCUT2D eigenvalue weighted by Gasteiger charge is -2.42. The van der Waals surface area contributed by atoms with Crippen molar-refractivity contribution in [3.63, 3.8) is 0 Å². The van der Waals surface area contributed by atoms with Crippen LogP contribution in [0.25, 0.3) is 0 Å². The number of ether oxygens (including phenoxy) is 1. The summed E-state index contributed by atoms with van der Waals surface area (Å²) in [5, 5.41) is 13.1. The largest absolute Gasteiger partial charge is 0.390 e. The lowest BCUT2D eigenvalue weighted by Crippen LogP contribution is -2.54. The average Bonchev–Trinajstić information content (AvgIpc) is 2.65.